The van der Waals surface area contributed by atoms with E-state index in [0.29, 0.717) is 5.56 Å². The first kappa shape index (κ1) is 10.7. The van der Waals surface area contributed by atoms with E-state index in [1.165, 1.54) is 6.07 Å². The molecule has 1 nitrogen and oxygen atoms in total. The molecule has 0 fully saturated rings. The van der Waals surface area contributed by atoms with E-state index in [4.69, 9.17) is 5.26 Å². The van der Waals surface area contributed by atoms with Crippen LogP contribution in [0.25, 0.3) is 0 Å². The van der Waals surface area contributed by atoms with Crippen molar-refractivity contribution >= 4 is 0 Å². The first-order valence-electron chi connectivity index (χ1n) is 4.84. The zero-order valence-corrected chi connectivity index (χ0v) is 8.55. The molecule has 1 aromatic carbocycles. The fourth-order valence-electron chi connectivity index (χ4n) is 1.48. The largest absolute Gasteiger partial charge is 0.207 e. The molecule has 1 unspecified atom stereocenters. The smallest absolute Gasteiger partial charge is 0.126 e. The Morgan fingerprint density at radius 3 is 2.71 bits per heavy atom. The number of nitriles is 1. The van der Waals surface area contributed by atoms with Gasteiger partial charge in [0.2, 0.25) is 0 Å². The summed E-state index contributed by atoms with van der Waals surface area (Å²) in [4.78, 5) is 0. The minimum absolute atomic E-state index is 0.0979. The third kappa shape index (κ3) is 2.32. The van der Waals surface area contributed by atoms with Crippen LogP contribution in [0.15, 0.2) is 18.2 Å². The van der Waals surface area contributed by atoms with Crippen molar-refractivity contribution in [2.75, 3.05) is 0 Å². The van der Waals surface area contributed by atoms with E-state index in [1.54, 1.807) is 19.1 Å². The minimum atomic E-state index is -0.207. The number of halogens is 1. The molecule has 0 aliphatic heterocycles. The van der Waals surface area contributed by atoms with Crippen molar-refractivity contribution in [3.63, 3.8) is 0 Å². The maximum absolute atomic E-state index is 13.0. The van der Waals surface area contributed by atoms with E-state index in [-0.39, 0.29) is 11.7 Å². The van der Waals surface area contributed by atoms with Crippen LogP contribution in [0.4, 0.5) is 4.39 Å². The van der Waals surface area contributed by atoms with Gasteiger partial charge in [-0.15, -0.1) is 0 Å². The zero-order chi connectivity index (χ0) is 10.6. The Kier molecular flexibility index (Phi) is 3.64. The molecule has 0 aromatic heterocycles. The lowest BCUT2D eigenvalue weighted by Gasteiger charge is -2.08. The molecule has 74 valence electrons. The van der Waals surface area contributed by atoms with E-state index in [2.05, 4.69) is 6.07 Å². The minimum Gasteiger partial charge on any atom is -0.207 e. The topological polar surface area (TPSA) is 23.8 Å². The van der Waals surface area contributed by atoms with Gasteiger partial charge in [-0.05, 0) is 30.5 Å². The number of nitrogens with zero attached hydrogens (tertiary/aromatic N) is 1. The highest BCUT2D eigenvalue weighted by Crippen LogP contribution is 2.22. The Bertz CT molecular complexity index is 352. The van der Waals surface area contributed by atoms with Gasteiger partial charge in [0.15, 0.2) is 0 Å². The summed E-state index contributed by atoms with van der Waals surface area (Å²) in [6, 6.07) is 7.14. The average molecular weight is 191 g/mol. The maximum atomic E-state index is 13.0. The predicted molar refractivity (Wildman–Crippen MR) is 54.4 cm³/mol. The molecule has 1 atom stereocenters. The average Bonchev–Trinajstić information content (AvgIpc) is 2.19. The fourth-order valence-corrected chi connectivity index (χ4v) is 1.48. The second-order valence-corrected chi connectivity index (χ2v) is 3.48. The highest BCUT2D eigenvalue weighted by molar-refractivity contribution is 5.30. The van der Waals surface area contributed by atoms with Crippen LogP contribution in [-0.2, 0) is 0 Å². The van der Waals surface area contributed by atoms with Crippen molar-refractivity contribution < 1.29 is 4.39 Å². The Morgan fingerprint density at radius 2 is 2.21 bits per heavy atom. The number of hydrogen-bond donors (Lipinski definition) is 0. The molecular weight excluding hydrogens is 177 g/mol. The number of aryl methyl sites for hydroxylation is 1. The molecule has 0 N–H and O–H groups in total. The molecule has 1 aromatic rings. The van der Waals surface area contributed by atoms with Crippen LogP contribution in [0.2, 0.25) is 0 Å². The van der Waals surface area contributed by atoms with E-state index in [9.17, 15) is 4.39 Å². The highest BCUT2D eigenvalue weighted by Gasteiger charge is 2.10. The summed E-state index contributed by atoms with van der Waals surface area (Å²) in [6.07, 6.45) is 1.80. The van der Waals surface area contributed by atoms with Gasteiger partial charge in [-0.2, -0.15) is 5.26 Å². The predicted octanol–water partition coefficient (Wildman–Crippen LogP) is 3.54. The van der Waals surface area contributed by atoms with Gasteiger partial charge >= 0.3 is 0 Å². The monoisotopic (exact) mass is 191 g/mol. The van der Waals surface area contributed by atoms with Crippen molar-refractivity contribution in [3.05, 3.63) is 35.1 Å². The Balaban J connectivity index is 2.95. The fraction of sp³-hybridized carbons (Fsp3) is 0.417. The van der Waals surface area contributed by atoms with E-state index < -0.39 is 0 Å². The molecule has 0 saturated carbocycles. The lowest BCUT2D eigenvalue weighted by atomic mass is 9.95. The summed E-state index contributed by atoms with van der Waals surface area (Å²) in [5.41, 5.74) is 1.53. The molecular formula is C12H14FN. The Morgan fingerprint density at radius 1 is 1.50 bits per heavy atom. The van der Waals surface area contributed by atoms with Crippen LogP contribution in [-0.4, -0.2) is 0 Å². The maximum Gasteiger partial charge on any atom is 0.126 e. The number of hydrogen-bond acceptors (Lipinski definition) is 1. The lowest BCUT2D eigenvalue weighted by molar-refractivity contribution is 0.616. The summed E-state index contributed by atoms with van der Waals surface area (Å²) in [6.45, 7) is 3.76. The highest BCUT2D eigenvalue weighted by atomic mass is 19.1. The van der Waals surface area contributed by atoms with Crippen LogP contribution in [0.5, 0.6) is 0 Å². The molecule has 2 heteroatoms. The molecule has 0 radical (unpaired) electrons. The third-order valence-electron chi connectivity index (χ3n) is 2.32. The van der Waals surface area contributed by atoms with Crippen LogP contribution in [0.3, 0.4) is 0 Å². The van der Waals surface area contributed by atoms with Gasteiger partial charge in [0.25, 0.3) is 0 Å². The molecule has 0 spiro atoms. The van der Waals surface area contributed by atoms with Crippen LogP contribution in [0.1, 0.15) is 36.8 Å². The van der Waals surface area contributed by atoms with Crippen molar-refractivity contribution in [2.24, 2.45) is 0 Å². The van der Waals surface area contributed by atoms with E-state index >= 15 is 0 Å². The molecule has 1 rings (SSSR count). The van der Waals surface area contributed by atoms with Crippen molar-refractivity contribution in [1.29, 1.82) is 5.26 Å². The molecule has 0 aliphatic rings. The molecule has 0 aliphatic carbocycles. The summed E-state index contributed by atoms with van der Waals surface area (Å²) >= 11 is 0. The van der Waals surface area contributed by atoms with Gasteiger partial charge in [0.1, 0.15) is 5.82 Å². The molecule has 14 heavy (non-hydrogen) atoms. The standard InChI is InChI=1S/C12H14FN/c1-3-4-11(8-14)10-5-6-12(13)9(2)7-10/h5-7,11H,3-4H2,1-2H3. The van der Waals surface area contributed by atoms with Gasteiger partial charge in [-0.25, -0.2) is 4.39 Å². The SMILES string of the molecule is CCCC(C#N)c1ccc(F)c(C)c1. The second kappa shape index (κ2) is 4.76. The normalized spacial score (nSPS) is 12.1. The molecule has 0 bridgehead atoms. The van der Waals surface area contributed by atoms with E-state index in [1.807, 2.05) is 6.92 Å². The quantitative estimate of drug-likeness (QED) is 0.716. The van der Waals surface area contributed by atoms with Crippen molar-refractivity contribution in [2.45, 2.75) is 32.6 Å². The van der Waals surface area contributed by atoms with E-state index in [0.717, 1.165) is 18.4 Å². The Labute approximate surface area is 84.2 Å². The number of benzene rings is 1. The van der Waals surface area contributed by atoms with Crippen molar-refractivity contribution in [3.8, 4) is 6.07 Å². The first-order chi connectivity index (χ1) is 6.69. The zero-order valence-electron chi connectivity index (χ0n) is 8.55. The third-order valence-corrected chi connectivity index (χ3v) is 2.32. The summed E-state index contributed by atoms with van der Waals surface area (Å²) in [5.74, 6) is -0.304. The van der Waals surface area contributed by atoms with Gasteiger partial charge in [0.05, 0.1) is 12.0 Å². The molecule has 0 amide bonds. The molecule has 0 heterocycles. The van der Waals surface area contributed by atoms with Crippen LogP contribution >= 0.6 is 0 Å². The Hall–Kier alpha value is -1.36. The van der Waals surface area contributed by atoms with Gasteiger partial charge in [-0.1, -0.05) is 25.5 Å². The van der Waals surface area contributed by atoms with Gasteiger partial charge in [-0.3, -0.25) is 0 Å². The first-order valence-corrected chi connectivity index (χ1v) is 4.84. The summed E-state index contributed by atoms with van der Waals surface area (Å²) < 4.78 is 13.0. The second-order valence-electron chi connectivity index (χ2n) is 3.48. The summed E-state index contributed by atoms with van der Waals surface area (Å²) in [7, 11) is 0. The van der Waals surface area contributed by atoms with Crippen LogP contribution < -0.4 is 0 Å². The number of rotatable bonds is 3. The van der Waals surface area contributed by atoms with Crippen molar-refractivity contribution in [1.82, 2.24) is 0 Å². The lowest BCUT2D eigenvalue weighted by Crippen LogP contribution is -1.96. The summed E-state index contributed by atoms with van der Waals surface area (Å²) in [5, 5.41) is 8.93. The molecule has 0 saturated heterocycles. The van der Waals surface area contributed by atoms with Gasteiger partial charge < -0.3 is 0 Å². The van der Waals surface area contributed by atoms with Crippen LogP contribution in [0, 0.1) is 24.1 Å². The van der Waals surface area contributed by atoms with Gasteiger partial charge in [0, 0.05) is 0 Å².